The number of hydrogen-bond acceptors (Lipinski definition) is 6. The van der Waals surface area contributed by atoms with E-state index in [2.05, 4.69) is 19.9 Å². The van der Waals surface area contributed by atoms with Crippen molar-refractivity contribution in [3.05, 3.63) is 70.4 Å². The molecule has 10 heteroatoms. The molecule has 0 spiro atoms. The van der Waals surface area contributed by atoms with Crippen LogP contribution in [0.3, 0.4) is 0 Å². The van der Waals surface area contributed by atoms with Crippen LogP contribution in [0.2, 0.25) is 0 Å². The lowest BCUT2D eigenvalue weighted by Crippen LogP contribution is -2.17. The number of hydrogen-bond donors (Lipinski definition) is 1. The first kappa shape index (κ1) is 21.2. The Bertz CT molecular complexity index is 1130. The second-order valence-corrected chi connectivity index (χ2v) is 8.38. The van der Waals surface area contributed by atoms with Gasteiger partial charge < -0.3 is 4.98 Å². The molecule has 3 aromatic rings. The van der Waals surface area contributed by atoms with Crippen LogP contribution in [-0.2, 0) is 0 Å². The van der Waals surface area contributed by atoms with Gasteiger partial charge in [0.1, 0.15) is 5.69 Å². The number of rotatable bonds is 7. The van der Waals surface area contributed by atoms with E-state index in [-0.39, 0.29) is 58.0 Å². The average molecular weight is 446 g/mol. The summed E-state index contributed by atoms with van der Waals surface area (Å²) >= 11 is -0.170. The minimum absolute atomic E-state index is 0.0149. The maximum Gasteiger partial charge on any atom is 0.446 e. The highest BCUT2D eigenvalue weighted by molar-refractivity contribution is 8.00. The number of nitrogens with zero attached hydrogens (tertiary/aromatic N) is 3. The summed E-state index contributed by atoms with van der Waals surface area (Å²) in [5.41, 5.74) is -4.02. The number of nitrogens with one attached hydrogen (secondary N) is 1. The molecule has 0 unspecified atom stereocenters. The van der Waals surface area contributed by atoms with Gasteiger partial charge in [-0.3, -0.25) is 9.59 Å². The monoisotopic (exact) mass is 446 g/mol. The predicted octanol–water partition coefficient (Wildman–Crippen LogP) is 4.61. The first-order chi connectivity index (χ1) is 14.8. The second kappa shape index (κ2) is 8.62. The van der Waals surface area contributed by atoms with Crippen molar-refractivity contribution in [2.75, 3.05) is 0 Å². The Labute approximate surface area is 179 Å². The highest BCUT2D eigenvalue weighted by atomic mass is 32.2. The van der Waals surface area contributed by atoms with Gasteiger partial charge in [0, 0.05) is 29.8 Å². The maximum atomic E-state index is 12.9. The summed E-state index contributed by atoms with van der Waals surface area (Å²) in [4.78, 5) is 39.9. The number of aromatic amines is 1. The van der Waals surface area contributed by atoms with E-state index in [0.29, 0.717) is 0 Å². The fourth-order valence-electron chi connectivity index (χ4n) is 3.40. The molecule has 2 heterocycles. The van der Waals surface area contributed by atoms with Gasteiger partial charge in [0.15, 0.2) is 17.4 Å². The number of thioether (sulfide) groups is 1. The SMILES string of the molecule is O=C(C[C@@H](c1ccc(SC(F)(F)F)cc1)C1CC1)c1cc(=O)[nH]c(-c2ncccn2)n1. The molecular weight excluding hydrogens is 429 g/mol. The third kappa shape index (κ3) is 5.57. The van der Waals surface area contributed by atoms with E-state index in [1.54, 1.807) is 18.2 Å². The maximum absolute atomic E-state index is 12.9. The van der Waals surface area contributed by atoms with E-state index in [0.717, 1.165) is 24.5 Å². The van der Waals surface area contributed by atoms with Crippen molar-refractivity contribution in [2.45, 2.75) is 35.6 Å². The van der Waals surface area contributed by atoms with Crippen molar-refractivity contribution in [3.8, 4) is 11.6 Å². The van der Waals surface area contributed by atoms with Crippen LogP contribution in [0.25, 0.3) is 11.6 Å². The van der Waals surface area contributed by atoms with E-state index >= 15 is 0 Å². The average Bonchev–Trinajstić information content (AvgIpc) is 3.57. The summed E-state index contributed by atoms with van der Waals surface area (Å²) in [6.07, 6.45) is 5.01. The minimum Gasteiger partial charge on any atom is -0.304 e. The Hall–Kier alpha value is -3.01. The highest BCUT2D eigenvalue weighted by Crippen LogP contribution is 2.45. The van der Waals surface area contributed by atoms with E-state index in [4.69, 9.17) is 0 Å². The highest BCUT2D eigenvalue weighted by Gasteiger charge is 2.35. The Kier molecular flexibility index (Phi) is 5.90. The van der Waals surface area contributed by atoms with Crippen LogP contribution in [0.4, 0.5) is 13.2 Å². The molecular formula is C21H17F3N4O2S. The fraction of sp³-hybridized carbons (Fsp3) is 0.286. The lowest BCUT2D eigenvalue weighted by Gasteiger charge is -2.17. The van der Waals surface area contributed by atoms with Gasteiger partial charge in [0.2, 0.25) is 0 Å². The van der Waals surface area contributed by atoms with Crippen molar-refractivity contribution in [1.29, 1.82) is 0 Å². The zero-order chi connectivity index (χ0) is 22.0. The third-order valence-electron chi connectivity index (χ3n) is 4.94. The molecule has 31 heavy (non-hydrogen) atoms. The molecule has 4 rings (SSSR count). The van der Waals surface area contributed by atoms with E-state index < -0.39 is 11.1 Å². The zero-order valence-corrected chi connectivity index (χ0v) is 16.9. The smallest absolute Gasteiger partial charge is 0.304 e. The number of carbonyl (C=O) groups is 1. The van der Waals surface area contributed by atoms with Crippen molar-refractivity contribution in [3.63, 3.8) is 0 Å². The molecule has 160 valence electrons. The third-order valence-corrected chi connectivity index (χ3v) is 5.68. The summed E-state index contributed by atoms with van der Waals surface area (Å²) in [7, 11) is 0. The van der Waals surface area contributed by atoms with Crippen molar-refractivity contribution in [1.82, 2.24) is 19.9 Å². The first-order valence-corrected chi connectivity index (χ1v) is 10.4. The van der Waals surface area contributed by atoms with Crippen LogP contribution in [0.15, 0.2) is 58.5 Å². The number of aromatic nitrogens is 4. The molecule has 1 atom stereocenters. The second-order valence-electron chi connectivity index (χ2n) is 7.24. The number of halogens is 3. The van der Waals surface area contributed by atoms with E-state index in [1.807, 2.05) is 0 Å². The minimum atomic E-state index is -4.35. The molecule has 1 saturated carbocycles. The molecule has 0 bridgehead atoms. The van der Waals surface area contributed by atoms with Gasteiger partial charge in [0.05, 0.1) is 0 Å². The van der Waals surface area contributed by atoms with Gasteiger partial charge in [-0.05, 0) is 60.2 Å². The predicted molar refractivity (Wildman–Crippen MR) is 109 cm³/mol. The van der Waals surface area contributed by atoms with Gasteiger partial charge >= 0.3 is 5.51 Å². The largest absolute Gasteiger partial charge is 0.446 e. The van der Waals surface area contributed by atoms with E-state index in [1.165, 1.54) is 24.5 Å². The van der Waals surface area contributed by atoms with Crippen LogP contribution < -0.4 is 5.56 Å². The number of H-pyrrole nitrogens is 1. The Morgan fingerprint density at radius 1 is 1.16 bits per heavy atom. The number of Topliss-reactive ketones (excluding diaryl/α,β-unsaturated/α-hetero) is 1. The van der Waals surface area contributed by atoms with Crippen LogP contribution in [-0.4, -0.2) is 31.2 Å². The molecule has 0 aliphatic heterocycles. The molecule has 0 amide bonds. The van der Waals surface area contributed by atoms with Gasteiger partial charge in [0.25, 0.3) is 5.56 Å². The van der Waals surface area contributed by atoms with Crippen LogP contribution in [0.5, 0.6) is 0 Å². The van der Waals surface area contributed by atoms with Gasteiger partial charge in [-0.15, -0.1) is 0 Å². The molecule has 1 aliphatic carbocycles. The fourth-order valence-corrected chi connectivity index (χ4v) is 3.94. The summed E-state index contributed by atoms with van der Waals surface area (Å²) in [5, 5.41) is 0. The molecule has 1 N–H and O–H groups in total. The zero-order valence-electron chi connectivity index (χ0n) is 16.1. The molecule has 0 saturated heterocycles. The summed E-state index contributed by atoms with van der Waals surface area (Å²) < 4.78 is 37.7. The molecule has 2 aromatic heterocycles. The summed E-state index contributed by atoms with van der Waals surface area (Å²) in [6, 6.07) is 8.88. The van der Waals surface area contributed by atoms with Crippen LogP contribution in [0.1, 0.15) is 41.2 Å². The molecule has 1 aromatic carbocycles. The quantitative estimate of drug-likeness (QED) is 0.421. The normalized spacial score (nSPS) is 14.9. The molecule has 6 nitrogen and oxygen atoms in total. The number of ketones is 1. The molecule has 0 radical (unpaired) electrons. The standard InChI is InChI=1S/C21H17F3N4O2S/c22-21(23,24)31-14-6-4-13(5-7-14)15(12-2-3-12)10-17(29)16-11-18(30)28-20(27-16)19-25-8-1-9-26-19/h1,4-9,11-12,15H,2-3,10H2,(H,27,28,30)/t15-/m1/s1. The Morgan fingerprint density at radius 2 is 1.84 bits per heavy atom. The molecule has 1 fully saturated rings. The van der Waals surface area contributed by atoms with Crippen molar-refractivity contribution < 1.29 is 18.0 Å². The topological polar surface area (TPSA) is 88.6 Å². The number of alkyl halides is 3. The molecule has 1 aliphatic rings. The van der Waals surface area contributed by atoms with Crippen molar-refractivity contribution >= 4 is 17.5 Å². The summed E-state index contributed by atoms with van der Waals surface area (Å²) in [6.45, 7) is 0. The van der Waals surface area contributed by atoms with E-state index in [9.17, 15) is 22.8 Å². The number of carbonyl (C=O) groups excluding carboxylic acids is 1. The summed E-state index contributed by atoms with van der Waals surface area (Å²) in [5.74, 6) is 0.131. The van der Waals surface area contributed by atoms with Crippen LogP contribution >= 0.6 is 11.8 Å². The van der Waals surface area contributed by atoms with Crippen LogP contribution in [0, 0.1) is 5.92 Å². The lowest BCUT2D eigenvalue weighted by atomic mass is 9.88. The van der Waals surface area contributed by atoms with Gasteiger partial charge in [-0.25, -0.2) is 15.0 Å². The Balaban J connectivity index is 1.55. The van der Waals surface area contributed by atoms with Crippen molar-refractivity contribution in [2.24, 2.45) is 5.92 Å². The Morgan fingerprint density at radius 3 is 2.45 bits per heavy atom. The first-order valence-electron chi connectivity index (χ1n) is 9.56. The van der Waals surface area contributed by atoms with Gasteiger partial charge in [-0.2, -0.15) is 13.2 Å². The number of benzene rings is 1. The lowest BCUT2D eigenvalue weighted by molar-refractivity contribution is -0.0328. The van der Waals surface area contributed by atoms with Gasteiger partial charge in [-0.1, -0.05) is 12.1 Å².